The van der Waals surface area contributed by atoms with Crippen LogP contribution in [0.2, 0.25) is 0 Å². The van der Waals surface area contributed by atoms with Crippen LogP contribution < -0.4 is 10.5 Å². The molecule has 1 atom stereocenters. The number of sulfonamides is 1. The lowest BCUT2D eigenvalue weighted by Crippen LogP contribution is -2.32. The van der Waals surface area contributed by atoms with Crippen LogP contribution in [0, 0.1) is 6.92 Å². The van der Waals surface area contributed by atoms with Crippen molar-refractivity contribution >= 4 is 48.9 Å². The molecule has 2 aromatic rings. The van der Waals surface area contributed by atoms with E-state index in [4.69, 9.17) is 10.8 Å². The number of benzene rings is 1. The second kappa shape index (κ2) is 7.00. The number of aliphatic carboxylic acids is 1. The minimum absolute atomic E-state index is 0.180. The van der Waals surface area contributed by atoms with Crippen molar-refractivity contribution in [1.82, 2.24) is 0 Å². The summed E-state index contributed by atoms with van der Waals surface area (Å²) in [5.41, 5.74) is 7.44. The fourth-order valence-electron chi connectivity index (χ4n) is 1.82. The molecule has 124 valence electrons. The third kappa shape index (κ3) is 4.54. The van der Waals surface area contributed by atoms with Gasteiger partial charge in [-0.05, 0) is 58.6 Å². The van der Waals surface area contributed by atoms with Crippen LogP contribution >= 0.6 is 27.3 Å². The lowest BCUT2D eigenvalue weighted by Gasteiger charge is -2.09. The normalized spacial score (nSPS) is 12.8. The highest BCUT2D eigenvalue weighted by Crippen LogP contribution is 2.31. The number of nitrogens with two attached hydrogens (primary N) is 1. The van der Waals surface area contributed by atoms with Crippen molar-refractivity contribution in [1.29, 1.82) is 0 Å². The van der Waals surface area contributed by atoms with Crippen LogP contribution in [0.25, 0.3) is 0 Å². The Bertz CT molecular complexity index is 796. The van der Waals surface area contributed by atoms with Crippen LogP contribution in [0.3, 0.4) is 0 Å². The number of nitrogens with one attached hydrogen (secondary N) is 1. The fraction of sp³-hybridized carbons (Fsp3) is 0.214. The van der Waals surface area contributed by atoms with E-state index in [0.717, 1.165) is 26.3 Å². The van der Waals surface area contributed by atoms with E-state index in [2.05, 4.69) is 20.7 Å². The van der Waals surface area contributed by atoms with Crippen LogP contribution in [0.4, 0.5) is 5.69 Å². The summed E-state index contributed by atoms with van der Waals surface area (Å²) < 4.78 is 28.1. The predicted octanol–water partition coefficient (Wildman–Crippen LogP) is 2.57. The SMILES string of the molecule is Cc1cc(S(=O)(=O)Nc2ccc(C[C@H](N)C(=O)O)cc2)sc1Br. The lowest BCUT2D eigenvalue weighted by atomic mass is 10.1. The molecule has 1 aromatic carbocycles. The van der Waals surface area contributed by atoms with E-state index < -0.39 is 22.0 Å². The number of thiophene rings is 1. The standard InChI is InChI=1S/C14H15BrN2O4S2/c1-8-6-12(22-13(8)15)23(20,21)17-10-4-2-9(3-5-10)7-11(16)14(18)19/h2-6,11,17H,7,16H2,1H3,(H,18,19)/t11-/m0/s1. The quantitative estimate of drug-likeness (QED) is 0.667. The molecule has 0 unspecified atom stereocenters. The number of rotatable bonds is 6. The van der Waals surface area contributed by atoms with Gasteiger partial charge in [0.1, 0.15) is 10.3 Å². The highest BCUT2D eigenvalue weighted by molar-refractivity contribution is 9.11. The lowest BCUT2D eigenvalue weighted by molar-refractivity contribution is -0.138. The minimum atomic E-state index is -3.64. The van der Waals surface area contributed by atoms with Crippen LogP contribution in [-0.4, -0.2) is 25.5 Å². The van der Waals surface area contributed by atoms with Crippen molar-refractivity contribution in [3.05, 3.63) is 45.2 Å². The van der Waals surface area contributed by atoms with Gasteiger partial charge in [0.2, 0.25) is 0 Å². The average molecular weight is 419 g/mol. The van der Waals surface area contributed by atoms with Crippen molar-refractivity contribution in [2.75, 3.05) is 4.72 Å². The molecule has 0 saturated carbocycles. The molecule has 23 heavy (non-hydrogen) atoms. The predicted molar refractivity (Wildman–Crippen MR) is 93.3 cm³/mol. The average Bonchev–Trinajstić information content (AvgIpc) is 2.81. The molecular weight excluding hydrogens is 404 g/mol. The second-order valence-corrected chi connectivity index (χ2v) is 9.25. The van der Waals surface area contributed by atoms with Gasteiger partial charge >= 0.3 is 5.97 Å². The third-order valence-corrected chi connectivity index (χ3v) is 7.07. The van der Waals surface area contributed by atoms with Gasteiger partial charge in [-0.2, -0.15) is 0 Å². The van der Waals surface area contributed by atoms with E-state index in [1.165, 1.54) is 0 Å². The van der Waals surface area contributed by atoms with Gasteiger partial charge in [-0.1, -0.05) is 12.1 Å². The zero-order valence-corrected chi connectivity index (χ0v) is 15.3. The topological polar surface area (TPSA) is 109 Å². The summed E-state index contributed by atoms with van der Waals surface area (Å²) in [4.78, 5) is 10.7. The molecule has 1 heterocycles. The number of carboxylic acids is 1. The van der Waals surface area contributed by atoms with Gasteiger partial charge in [-0.25, -0.2) is 8.42 Å². The van der Waals surface area contributed by atoms with Crippen LogP contribution in [0.1, 0.15) is 11.1 Å². The van der Waals surface area contributed by atoms with Gasteiger partial charge in [-0.15, -0.1) is 11.3 Å². The first-order valence-electron chi connectivity index (χ1n) is 6.55. The molecule has 0 saturated heterocycles. The number of hydrogen-bond acceptors (Lipinski definition) is 5. The van der Waals surface area contributed by atoms with Gasteiger partial charge in [0.05, 0.1) is 3.79 Å². The molecule has 0 aliphatic heterocycles. The molecule has 9 heteroatoms. The highest BCUT2D eigenvalue weighted by atomic mass is 79.9. The Morgan fingerprint density at radius 1 is 1.39 bits per heavy atom. The van der Waals surface area contributed by atoms with Crippen LogP contribution in [0.5, 0.6) is 0 Å². The number of aryl methyl sites for hydroxylation is 1. The first-order valence-corrected chi connectivity index (χ1v) is 9.64. The first-order chi connectivity index (χ1) is 10.7. The molecule has 1 aromatic heterocycles. The Morgan fingerprint density at radius 3 is 2.48 bits per heavy atom. The number of carboxylic acid groups (broad SMARTS) is 1. The first kappa shape index (κ1) is 17.9. The van der Waals surface area contributed by atoms with Crippen molar-refractivity contribution in [3.8, 4) is 0 Å². The highest BCUT2D eigenvalue weighted by Gasteiger charge is 2.18. The summed E-state index contributed by atoms with van der Waals surface area (Å²) in [5, 5.41) is 8.78. The van der Waals surface area contributed by atoms with E-state index in [9.17, 15) is 13.2 Å². The molecule has 0 aliphatic carbocycles. The second-order valence-electron chi connectivity index (χ2n) is 4.97. The zero-order valence-electron chi connectivity index (χ0n) is 12.1. The zero-order chi connectivity index (χ0) is 17.2. The number of halogens is 1. The van der Waals surface area contributed by atoms with Gasteiger partial charge in [0, 0.05) is 5.69 Å². The van der Waals surface area contributed by atoms with Gasteiger partial charge < -0.3 is 10.8 Å². The van der Waals surface area contributed by atoms with E-state index in [1.807, 2.05) is 6.92 Å². The van der Waals surface area contributed by atoms with Crippen LogP contribution in [-0.2, 0) is 21.2 Å². The molecule has 0 spiro atoms. The maximum atomic E-state index is 12.3. The Kier molecular flexibility index (Phi) is 5.45. The monoisotopic (exact) mass is 418 g/mol. The molecule has 0 aliphatic rings. The van der Waals surface area contributed by atoms with Gasteiger partial charge in [0.15, 0.2) is 0 Å². The van der Waals surface area contributed by atoms with E-state index in [0.29, 0.717) is 5.69 Å². The molecule has 4 N–H and O–H groups in total. The maximum absolute atomic E-state index is 12.3. The number of hydrogen-bond donors (Lipinski definition) is 3. The van der Waals surface area contributed by atoms with Crippen LogP contribution in [0.15, 0.2) is 38.3 Å². The molecule has 0 amide bonds. The Labute approximate surface area is 146 Å². The smallest absolute Gasteiger partial charge is 0.320 e. The van der Waals surface area contributed by atoms with Crippen molar-refractivity contribution in [2.45, 2.75) is 23.6 Å². The molecular formula is C14H15BrN2O4S2. The van der Waals surface area contributed by atoms with Crippen molar-refractivity contribution in [3.63, 3.8) is 0 Å². The van der Waals surface area contributed by atoms with Crippen molar-refractivity contribution in [2.24, 2.45) is 5.73 Å². The Hall–Kier alpha value is -1.42. The fourth-order valence-corrected chi connectivity index (χ4v) is 5.10. The molecule has 0 bridgehead atoms. The minimum Gasteiger partial charge on any atom is -0.480 e. The maximum Gasteiger partial charge on any atom is 0.320 e. The van der Waals surface area contributed by atoms with E-state index >= 15 is 0 Å². The molecule has 0 fully saturated rings. The Morgan fingerprint density at radius 2 is 2.00 bits per heavy atom. The van der Waals surface area contributed by atoms with E-state index in [1.54, 1.807) is 30.3 Å². The summed E-state index contributed by atoms with van der Waals surface area (Å²) in [6.07, 6.45) is 0.180. The van der Waals surface area contributed by atoms with E-state index in [-0.39, 0.29) is 10.6 Å². The summed E-state index contributed by atoms with van der Waals surface area (Å²) in [7, 11) is -3.64. The van der Waals surface area contributed by atoms with Crippen molar-refractivity contribution < 1.29 is 18.3 Å². The largest absolute Gasteiger partial charge is 0.480 e. The summed E-state index contributed by atoms with van der Waals surface area (Å²) in [6.45, 7) is 1.82. The molecule has 0 radical (unpaired) electrons. The third-order valence-electron chi connectivity index (χ3n) is 3.08. The number of carbonyl (C=O) groups is 1. The number of anilines is 1. The molecule has 6 nitrogen and oxygen atoms in total. The molecule has 2 rings (SSSR count). The van der Waals surface area contributed by atoms with Gasteiger partial charge in [-0.3, -0.25) is 9.52 Å². The Balaban J connectivity index is 2.12. The summed E-state index contributed by atoms with van der Waals surface area (Å²) in [5.74, 6) is -1.08. The summed E-state index contributed by atoms with van der Waals surface area (Å²) >= 11 is 4.44. The van der Waals surface area contributed by atoms with Gasteiger partial charge in [0.25, 0.3) is 10.0 Å². The summed E-state index contributed by atoms with van der Waals surface area (Å²) in [6, 6.07) is 7.07.